The number of nitrogens with zero attached hydrogens (tertiary/aromatic N) is 2. The largest absolute Gasteiger partial charge is 0.465 e. The molecule has 0 aliphatic heterocycles. The van der Waals surface area contributed by atoms with Crippen LogP contribution in [0.15, 0.2) is 36.4 Å². The maximum Gasteiger partial charge on any atom is 0.410 e. The van der Waals surface area contributed by atoms with E-state index in [9.17, 15) is 24.0 Å². The Kier molecular flexibility index (Phi) is 11.2. The quantitative estimate of drug-likeness (QED) is 0.214. The number of fused-ring (bicyclic) bond motifs is 2. The van der Waals surface area contributed by atoms with E-state index < -0.39 is 29.2 Å². The SMILES string of the molecule is CCOC(=O)C1Cc2cc(CN(C)C(=O)OC(C)(C)C)ccc2C1=O.CN(Cc1ccc2c(c1)CCC2=O)C(=O)OC(C)(C)C. The number of rotatable bonds is 6. The molecular formula is C35H46N2O8. The van der Waals surface area contributed by atoms with Crippen molar-refractivity contribution in [3.63, 3.8) is 0 Å². The summed E-state index contributed by atoms with van der Waals surface area (Å²) in [6.07, 6.45) is 0.998. The third-order valence-corrected chi connectivity index (χ3v) is 7.09. The number of carbonyl (C=O) groups is 5. The zero-order valence-electron chi connectivity index (χ0n) is 27.9. The summed E-state index contributed by atoms with van der Waals surface area (Å²) in [4.78, 5) is 62.8. The van der Waals surface area contributed by atoms with Crippen LogP contribution in [0, 0.1) is 5.92 Å². The fourth-order valence-electron chi connectivity index (χ4n) is 5.05. The Labute approximate surface area is 266 Å². The summed E-state index contributed by atoms with van der Waals surface area (Å²) >= 11 is 0. The Bertz CT molecular complexity index is 1450. The Morgan fingerprint density at radius 3 is 1.73 bits per heavy atom. The normalized spacial score (nSPS) is 15.4. The number of aryl methyl sites for hydroxylation is 1. The number of hydrogen-bond donors (Lipinski definition) is 0. The van der Waals surface area contributed by atoms with Gasteiger partial charge in [-0.2, -0.15) is 0 Å². The molecule has 45 heavy (non-hydrogen) atoms. The molecule has 0 saturated heterocycles. The van der Waals surface area contributed by atoms with Crippen LogP contribution < -0.4 is 0 Å². The maximum atomic E-state index is 12.3. The molecule has 10 nitrogen and oxygen atoms in total. The van der Waals surface area contributed by atoms with Crippen LogP contribution in [0.5, 0.6) is 0 Å². The first kappa shape index (κ1) is 35.3. The number of ether oxygens (including phenoxy) is 3. The zero-order valence-corrected chi connectivity index (χ0v) is 27.9. The summed E-state index contributed by atoms with van der Waals surface area (Å²) in [5, 5.41) is 0. The Hall–Kier alpha value is -4.21. The van der Waals surface area contributed by atoms with E-state index in [0.29, 0.717) is 31.5 Å². The molecule has 0 bridgehead atoms. The Balaban J connectivity index is 0.000000251. The lowest BCUT2D eigenvalue weighted by Crippen LogP contribution is -2.33. The number of hydrogen-bond acceptors (Lipinski definition) is 8. The van der Waals surface area contributed by atoms with Crippen LogP contribution in [0.25, 0.3) is 0 Å². The molecule has 2 aliphatic rings. The number of amides is 2. The van der Waals surface area contributed by atoms with Crippen molar-refractivity contribution in [3.05, 3.63) is 69.8 Å². The van der Waals surface area contributed by atoms with Crippen molar-refractivity contribution in [1.82, 2.24) is 9.80 Å². The molecule has 2 amide bonds. The first-order chi connectivity index (χ1) is 20.9. The lowest BCUT2D eigenvalue weighted by atomic mass is 10.1. The minimum absolute atomic E-state index is 0.194. The molecule has 10 heteroatoms. The van der Waals surface area contributed by atoms with Crippen molar-refractivity contribution in [2.75, 3.05) is 20.7 Å². The standard InChI is InChI=1S/C19H25NO5.C16H21NO3/c1-6-24-17(22)15-10-13-9-12(7-8-14(13)16(15)21)11-20(5)18(23)25-19(2,3)4;1-16(2,3)20-15(19)17(4)10-11-5-7-13-12(9-11)6-8-14(13)18/h7-9,15H,6,10-11H2,1-5H3;5,7,9H,6,8,10H2,1-4H3. The summed E-state index contributed by atoms with van der Waals surface area (Å²) in [7, 11) is 3.38. The lowest BCUT2D eigenvalue weighted by molar-refractivity contribution is -0.146. The van der Waals surface area contributed by atoms with Crippen LogP contribution in [0.1, 0.15) is 97.9 Å². The maximum absolute atomic E-state index is 12.3. The summed E-state index contributed by atoms with van der Waals surface area (Å²) in [6, 6.07) is 11.2. The second-order valence-electron chi connectivity index (χ2n) is 13.5. The molecule has 0 fully saturated rings. The van der Waals surface area contributed by atoms with Crippen LogP contribution in [0.2, 0.25) is 0 Å². The average Bonchev–Trinajstić information content (AvgIpc) is 3.46. The molecule has 2 aliphatic carbocycles. The van der Waals surface area contributed by atoms with Gasteiger partial charge in [0.2, 0.25) is 0 Å². The van der Waals surface area contributed by atoms with Gasteiger partial charge in [0, 0.05) is 44.7 Å². The molecule has 0 spiro atoms. The topological polar surface area (TPSA) is 120 Å². The molecule has 0 saturated carbocycles. The van der Waals surface area contributed by atoms with Gasteiger partial charge in [-0.15, -0.1) is 0 Å². The number of benzene rings is 2. The highest BCUT2D eigenvalue weighted by molar-refractivity contribution is 6.12. The first-order valence-corrected chi connectivity index (χ1v) is 15.2. The number of ketones is 2. The third-order valence-electron chi connectivity index (χ3n) is 7.09. The van der Waals surface area contributed by atoms with Crippen LogP contribution in [0.3, 0.4) is 0 Å². The highest BCUT2D eigenvalue weighted by Crippen LogP contribution is 2.29. The van der Waals surface area contributed by atoms with Crippen LogP contribution in [0.4, 0.5) is 9.59 Å². The Morgan fingerprint density at radius 1 is 0.756 bits per heavy atom. The molecule has 2 aromatic carbocycles. The summed E-state index contributed by atoms with van der Waals surface area (Å²) in [6.45, 7) is 13.8. The van der Waals surface area contributed by atoms with E-state index in [-0.39, 0.29) is 24.3 Å². The molecule has 2 aromatic rings. The highest BCUT2D eigenvalue weighted by Gasteiger charge is 2.37. The van der Waals surface area contributed by atoms with Gasteiger partial charge >= 0.3 is 18.2 Å². The molecular weight excluding hydrogens is 576 g/mol. The molecule has 0 heterocycles. The van der Waals surface area contributed by atoms with E-state index in [2.05, 4.69) is 0 Å². The van der Waals surface area contributed by atoms with Crippen LogP contribution >= 0.6 is 0 Å². The van der Waals surface area contributed by atoms with E-state index in [1.54, 1.807) is 38.1 Å². The smallest absolute Gasteiger partial charge is 0.410 e. The second kappa shape index (κ2) is 14.3. The van der Waals surface area contributed by atoms with Crippen molar-refractivity contribution in [3.8, 4) is 0 Å². The minimum Gasteiger partial charge on any atom is -0.465 e. The fourth-order valence-corrected chi connectivity index (χ4v) is 5.05. The minimum atomic E-state index is -0.756. The summed E-state index contributed by atoms with van der Waals surface area (Å²) < 4.78 is 15.6. The van der Waals surface area contributed by atoms with Crippen molar-refractivity contribution in [1.29, 1.82) is 0 Å². The average molecular weight is 623 g/mol. The van der Waals surface area contributed by atoms with E-state index in [1.807, 2.05) is 65.8 Å². The van der Waals surface area contributed by atoms with Gasteiger partial charge in [0.1, 0.15) is 17.1 Å². The molecule has 0 N–H and O–H groups in total. The van der Waals surface area contributed by atoms with Crippen molar-refractivity contribution < 1.29 is 38.2 Å². The molecule has 4 rings (SSSR count). The molecule has 1 unspecified atom stereocenters. The summed E-state index contributed by atoms with van der Waals surface area (Å²) in [5.74, 6) is -1.21. The fraction of sp³-hybridized carbons (Fsp3) is 0.514. The van der Waals surface area contributed by atoms with Crippen LogP contribution in [-0.4, -0.2) is 71.4 Å². The predicted octanol–water partition coefficient (Wildman–Crippen LogP) is 6.15. The molecule has 0 aromatic heterocycles. The van der Waals surface area contributed by atoms with Crippen molar-refractivity contribution >= 4 is 29.7 Å². The molecule has 0 radical (unpaired) electrons. The third kappa shape index (κ3) is 9.89. The van der Waals surface area contributed by atoms with Gasteiger partial charge in [-0.3, -0.25) is 14.4 Å². The van der Waals surface area contributed by atoms with Gasteiger partial charge < -0.3 is 24.0 Å². The predicted molar refractivity (Wildman–Crippen MR) is 169 cm³/mol. The van der Waals surface area contributed by atoms with Gasteiger partial charge in [0.05, 0.1) is 6.61 Å². The van der Waals surface area contributed by atoms with Gasteiger partial charge in [0.15, 0.2) is 11.6 Å². The second-order valence-corrected chi connectivity index (χ2v) is 13.5. The molecule has 244 valence electrons. The zero-order chi connectivity index (χ0) is 33.7. The van der Waals surface area contributed by atoms with E-state index in [4.69, 9.17) is 14.2 Å². The van der Waals surface area contributed by atoms with E-state index in [1.165, 1.54) is 4.90 Å². The Morgan fingerprint density at radius 2 is 1.24 bits per heavy atom. The number of carbonyl (C=O) groups excluding carboxylic acids is 5. The highest BCUT2D eigenvalue weighted by atomic mass is 16.6. The van der Waals surface area contributed by atoms with Gasteiger partial charge in [-0.05, 0) is 83.6 Å². The first-order valence-electron chi connectivity index (χ1n) is 15.2. The molecule has 1 atom stereocenters. The van der Waals surface area contributed by atoms with Gasteiger partial charge in [-0.1, -0.05) is 36.4 Å². The van der Waals surface area contributed by atoms with Crippen molar-refractivity contribution in [2.45, 2.75) is 92.0 Å². The number of esters is 1. The van der Waals surface area contributed by atoms with Crippen molar-refractivity contribution in [2.24, 2.45) is 5.92 Å². The lowest BCUT2D eigenvalue weighted by Gasteiger charge is -2.24. The van der Waals surface area contributed by atoms with Gasteiger partial charge in [0.25, 0.3) is 0 Å². The summed E-state index contributed by atoms with van der Waals surface area (Å²) in [5.41, 5.74) is 4.15. The van der Waals surface area contributed by atoms with Crippen LogP contribution in [-0.2, 0) is 44.9 Å². The number of Topliss-reactive ketones (excluding diaryl/α,β-unsaturated/α-hetero) is 2. The van der Waals surface area contributed by atoms with E-state index >= 15 is 0 Å². The van der Waals surface area contributed by atoms with Gasteiger partial charge in [-0.25, -0.2) is 9.59 Å². The van der Waals surface area contributed by atoms with E-state index in [0.717, 1.165) is 34.2 Å². The monoisotopic (exact) mass is 622 g/mol.